The molecule has 0 aromatic rings. The van der Waals surface area contributed by atoms with Crippen molar-refractivity contribution in [3.63, 3.8) is 0 Å². The molecule has 78 valence electrons. The second-order valence-electron chi connectivity index (χ2n) is 3.47. The largest absolute Gasteiger partial charge is 0.120 e. The summed E-state index contributed by atoms with van der Waals surface area (Å²) < 4.78 is 0. The maximum atomic E-state index is 5.11. The van der Waals surface area contributed by atoms with Gasteiger partial charge in [0.15, 0.2) is 0 Å². The van der Waals surface area contributed by atoms with E-state index in [0.29, 0.717) is 0 Å². The van der Waals surface area contributed by atoms with Gasteiger partial charge in [0, 0.05) is 6.42 Å². The van der Waals surface area contributed by atoms with Crippen molar-refractivity contribution in [3.8, 4) is 12.3 Å². The molecule has 0 amide bonds. The number of rotatable bonds is 8. The zero-order chi connectivity index (χ0) is 10.5. The Hall–Kier alpha value is -0.960. The fourth-order valence-electron chi connectivity index (χ4n) is 1.26. The molecule has 0 unspecified atom stereocenters. The standard InChI is InChI=1S/C14H22/c1-3-5-7-9-11-13-14-12-10-8-6-4-2/h1,7,9,11,13H,4-6,8,10,12,14H2,2H3. The fourth-order valence-corrected chi connectivity index (χ4v) is 1.26. The summed E-state index contributed by atoms with van der Waals surface area (Å²) in [7, 11) is 0. The molecule has 0 aliphatic rings. The lowest BCUT2D eigenvalue weighted by molar-refractivity contribution is 0.637. The summed E-state index contributed by atoms with van der Waals surface area (Å²) >= 11 is 0. The van der Waals surface area contributed by atoms with Gasteiger partial charge in [0.25, 0.3) is 0 Å². The number of unbranched alkanes of at least 4 members (excludes halogenated alkanes) is 5. The first-order valence-corrected chi connectivity index (χ1v) is 5.67. The van der Waals surface area contributed by atoms with E-state index in [4.69, 9.17) is 6.42 Å². The normalized spacial score (nSPS) is 11.1. The van der Waals surface area contributed by atoms with E-state index in [2.05, 4.69) is 25.0 Å². The molecule has 0 saturated heterocycles. The number of terminal acetylenes is 1. The Morgan fingerprint density at radius 1 is 1.00 bits per heavy atom. The molecule has 14 heavy (non-hydrogen) atoms. The molecule has 0 nitrogen and oxygen atoms in total. The van der Waals surface area contributed by atoms with Crippen molar-refractivity contribution in [1.29, 1.82) is 0 Å². The smallest absolute Gasteiger partial charge is 0.0270 e. The minimum Gasteiger partial charge on any atom is -0.120 e. The highest BCUT2D eigenvalue weighted by Gasteiger charge is 1.85. The topological polar surface area (TPSA) is 0 Å². The molecule has 0 heteroatoms. The highest BCUT2D eigenvalue weighted by molar-refractivity contribution is 5.06. The second-order valence-corrected chi connectivity index (χ2v) is 3.47. The van der Waals surface area contributed by atoms with Gasteiger partial charge in [-0.2, -0.15) is 0 Å². The van der Waals surface area contributed by atoms with Gasteiger partial charge >= 0.3 is 0 Å². The molecule has 0 aliphatic heterocycles. The minimum atomic E-state index is 0.737. The van der Waals surface area contributed by atoms with Crippen LogP contribution in [0.4, 0.5) is 0 Å². The Morgan fingerprint density at radius 2 is 1.71 bits per heavy atom. The van der Waals surface area contributed by atoms with Crippen molar-refractivity contribution < 1.29 is 0 Å². The molecule has 0 rings (SSSR count). The SMILES string of the molecule is C#CCC=CC=CCCCCCCC. The van der Waals surface area contributed by atoms with E-state index in [-0.39, 0.29) is 0 Å². The first-order valence-electron chi connectivity index (χ1n) is 5.67. The van der Waals surface area contributed by atoms with Crippen LogP contribution in [0.1, 0.15) is 51.9 Å². The van der Waals surface area contributed by atoms with Gasteiger partial charge in [0.05, 0.1) is 0 Å². The molecule has 0 radical (unpaired) electrons. The average Bonchev–Trinajstić information content (AvgIpc) is 2.21. The van der Waals surface area contributed by atoms with E-state index in [1.807, 2.05) is 12.2 Å². The Labute approximate surface area is 89.1 Å². The third-order valence-electron chi connectivity index (χ3n) is 2.09. The van der Waals surface area contributed by atoms with E-state index >= 15 is 0 Å². The lowest BCUT2D eigenvalue weighted by Crippen LogP contribution is -1.75. The van der Waals surface area contributed by atoms with Gasteiger partial charge in [0.1, 0.15) is 0 Å². The predicted molar refractivity (Wildman–Crippen MR) is 65.1 cm³/mol. The van der Waals surface area contributed by atoms with Gasteiger partial charge in [-0.3, -0.25) is 0 Å². The van der Waals surface area contributed by atoms with Crippen LogP contribution in [0.2, 0.25) is 0 Å². The van der Waals surface area contributed by atoms with Crippen LogP contribution < -0.4 is 0 Å². The van der Waals surface area contributed by atoms with E-state index in [1.165, 1.54) is 38.5 Å². The van der Waals surface area contributed by atoms with E-state index in [0.717, 1.165) is 6.42 Å². The molecular weight excluding hydrogens is 168 g/mol. The first-order chi connectivity index (χ1) is 6.91. The Balaban J connectivity index is 3.15. The zero-order valence-corrected chi connectivity index (χ0v) is 9.34. The third kappa shape index (κ3) is 11.0. The van der Waals surface area contributed by atoms with E-state index in [1.54, 1.807) is 0 Å². The summed E-state index contributed by atoms with van der Waals surface area (Å²) in [6.07, 6.45) is 22.2. The lowest BCUT2D eigenvalue weighted by Gasteiger charge is -1.95. The molecule has 0 aliphatic carbocycles. The van der Waals surface area contributed by atoms with Gasteiger partial charge in [-0.15, -0.1) is 12.3 Å². The first kappa shape index (κ1) is 13.0. The minimum absolute atomic E-state index is 0.737. The van der Waals surface area contributed by atoms with Gasteiger partial charge in [-0.05, 0) is 12.8 Å². The van der Waals surface area contributed by atoms with Crippen LogP contribution in [0.5, 0.6) is 0 Å². The molecule has 0 atom stereocenters. The van der Waals surface area contributed by atoms with Crippen LogP contribution in [0.3, 0.4) is 0 Å². The number of hydrogen-bond acceptors (Lipinski definition) is 0. The van der Waals surface area contributed by atoms with Crippen molar-refractivity contribution in [2.24, 2.45) is 0 Å². The lowest BCUT2D eigenvalue weighted by atomic mass is 10.1. The molecule has 0 spiro atoms. The monoisotopic (exact) mass is 190 g/mol. The van der Waals surface area contributed by atoms with E-state index in [9.17, 15) is 0 Å². The van der Waals surface area contributed by atoms with Crippen LogP contribution in [0.25, 0.3) is 0 Å². The van der Waals surface area contributed by atoms with E-state index < -0.39 is 0 Å². The maximum Gasteiger partial charge on any atom is 0.0270 e. The third-order valence-corrected chi connectivity index (χ3v) is 2.09. The Morgan fingerprint density at radius 3 is 2.43 bits per heavy atom. The van der Waals surface area contributed by atoms with Crippen LogP contribution in [-0.2, 0) is 0 Å². The summed E-state index contributed by atoms with van der Waals surface area (Å²) in [6.45, 7) is 2.25. The van der Waals surface area contributed by atoms with Gasteiger partial charge in [-0.1, -0.05) is 56.9 Å². The molecule has 0 fully saturated rings. The summed E-state index contributed by atoms with van der Waals surface area (Å²) in [4.78, 5) is 0. The van der Waals surface area contributed by atoms with Crippen molar-refractivity contribution in [2.45, 2.75) is 51.9 Å². The van der Waals surface area contributed by atoms with Gasteiger partial charge in [-0.25, -0.2) is 0 Å². The summed E-state index contributed by atoms with van der Waals surface area (Å²) in [5.74, 6) is 2.57. The summed E-state index contributed by atoms with van der Waals surface area (Å²) in [5, 5.41) is 0. The van der Waals surface area contributed by atoms with Crippen LogP contribution in [0, 0.1) is 12.3 Å². The Kier molecular flexibility index (Phi) is 11.2. The van der Waals surface area contributed by atoms with Crippen molar-refractivity contribution in [3.05, 3.63) is 24.3 Å². The van der Waals surface area contributed by atoms with Crippen molar-refractivity contribution in [1.82, 2.24) is 0 Å². The van der Waals surface area contributed by atoms with Crippen LogP contribution in [-0.4, -0.2) is 0 Å². The summed E-state index contributed by atoms with van der Waals surface area (Å²) in [6, 6.07) is 0. The molecule has 0 saturated carbocycles. The molecule has 0 N–H and O–H groups in total. The van der Waals surface area contributed by atoms with Crippen LogP contribution >= 0.6 is 0 Å². The maximum absolute atomic E-state index is 5.11. The van der Waals surface area contributed by atoms with Crippen molar-refractivity contribution >= 4 is 0 Å². The van der Waals surface area contributed by atoms with Crippen LogP contribution in [0.15, 0.2) is 24.3 Å². The molecule has 0 aromatic carbocycles. The number of allylic oxidation sites excluding steroid dienone is 4. The molecular formula is C14H22. The molecule has 0 heterocycles. The predicted octanol–water partition coefficient (Wildman–Crippen LogP) is 4.48. The number of hydrogen-bond donors (Lipinski definition) is 0. The highest BCUT2D eigenvalue weighted by atomic mass is 13.9. The summed E-state index contributed by atoms with van der Waals surface area (Å²) in [5.41, 5.74) is 0. The quantitative estimate of drug-likeness (QED) is 0.301. The fraction of sp³-hybridized carbons (Fsp3) is 0.571. The molecule has 0 aromatic heterocycles. The Bertz CT molecular complexity index is 191. The van der Waals surface area contributed by atoms with Gasteiger partial charge < -0.3 is 0 Å². The average molecular weight is 190 g/mol. The molecule has 0 bridgehead atoms. The zero-order valence-electron chi connectivity index (χ0n) is 9.34. The highest BCUT2D eigenvalue weighted by Crippen LogP contribution is 2.05. The van der Waals surface area contributed by atoms with Crippen molar-refractivity contribution in [2.75, 3.05) is 0 Å². The second kappa shape index (κ2) is 12.0. The van der Waals surface area contributed by atoms with Gasteiger partial charge in [0.2, 0.25) is 0 Å².